The maximum absolute atomic E-state index is 12.6. The van der Waals surface area contributed by atoms with Crippen molar-refractivity contribution < 1.29 is 14.3 Å². The smallest absolute Gasteiger partial charge is 0.276 e. The van der Waals surface area contributed by atoms with Gasteiger partial charge < -0.3 is 19.7 Å². The Morgan fingerprint density at radius 1 is 1.00 bits per heavy atom. The molecule has 1 unspecified atom stereocenters. The van der Waals surface area contributed by atoms with Gasteiger partial charge in [-0.1, -0.05) is 42.5 Å². The molecular weight excluding hydrogens is 490 g/mol. The van der Waals surface area contributed by atoms with Crippen LogP contribution < -0.4 is 15.0 Å². The lowest BCUT2D eigenvalue weighted by atomic mass is 9.92. The van der Waals surface area contributed by atoms with Gasteiger partial charge in [-0.2, -0.15) is 0 Å². The molecule has 1 N–H and O–H groups in total. The fourth-order valence-corrected chi connectivity index (χ4v) is 5.01. The fourth-order valence-electron chi connectivity index (χ4n) is 5.01. The van der Waals surface area contributed by atoms with Gasteiger partial charge in [-0.05, 0) is 60.0 Å². The Morgan fingerprint density at radius 3 is 2.51 bits per heavy atom. The number of carbonyl (C=O) groups excluding carboxylic acids is 1. The highest BCUT2D eigenvalue weighted by molar-refractivity contribution is 6.02. The Kier molecular flexibility index (Phi) is 8.65. The Labute approximate surface area is 229 Å². The lowest BCUT2D eigenvalue weighted by molar-refractivity contribution is 0.0993. The van der Waals surface area contributed by atoms with Gasteiger partial charge in [0.1, 0.15) is 5.75 Å². The Morgan fingerprint density at radius 2 is 1.79 bits per heavy atom. The number of nitrogens with zero attached hydrogens (tertiary/aromatic N) is 4. The number of methoxy groups -OCH3 is 1. The Bertz CT molecular complexity index is 1310. The molecule has 1 saturated heterocycles. The molecule has 1 aromatic heterocycles. The number of benzene rings is 2. The first kappa shape index (κ1) is 26.6. The molecule has 1 aliphatic carbocycles. The van der Waals surface area contributed by atoms with Crippen LogP contribution in [0.5, 0.6) is 5.75 Å². The number of hydrogen-bond acceptors (Lipinski definition) is 7. The van der Waals surface area contributed by atoms with Crippen molar-refractivity contribution in [2.75, 3.05) is 50.1 Å². The summed E-state index contributed by atoms with van der Waals surface area (Å²) in [4.78, 5) is 17.3. The number of nitrogens with one attached hydrogen (secondary N) is 1. The molecule has 1 aliphatic heterocycles. The van der Waals surface area contributed by atoms with Crippen molar-refractivity contribution in [3.05, 3.63) is 95.7 Å². The van der Waals surface area contributed by atoms with E-state index in [1.54, 1.807) is 37.4 Å². The molecule has 39 heavy (non-hydrogen) atoms. The summed E-state index contributed by atoms with van der Waals surface area (Å²) < 4.78 is 11.0. The summed E-state index contributed by atoms with van der Waals surface area (Å²) in [7, 11) is 1.61. The van der Waals surface area contributed by atoms with E-state index in [0.717, 1.165) is 57.3 Å². The molecule has 1 atom stereocenters. The SMILES string of the molecule is CCOC1C=CC=C(c2ccccc2CN2CCN(c3ccc(C(=O)Nc4ccc(OC)cc4)nn3)CC2)C1. The number of hydrogen-bond donors (Lipinski definition) is 1. The van der Waals surface area contributed by atoms with Crippen LogP contribution in [-0.4, -0.2) is 67.0 Å². The van der Waals surface area contributed by atoms with Crippen LogP contribution in [0.3, 0.4) is 0 Å². The average Bonchev–Trinajstić information content (AvgIpc) is 2.99. The van der Waals surface area contributed by atoms with Crippen molar-refractivity contribution in [2.45, 2.75) is 26.0 Å². The molecule has 202 valence electrons. The molecule has 0 bridgehead atoms. The number of piperazine rings is 1. The highest BCUT2D eigenvalue weighted by atomic mass is 16.5. The van der Waals surface area contributed by atoms with E-state index in [1.807, 2.05) is 13.0 Å². The maximum atomic E-state index is 12.6. The second-order valence-electron chi connectivity index (χ2n) is 9.65. The normalized spacial score (nSPS) is 17.5. The van der Waals surface area contributed by atoms with Crippen molar-refractivity contribution in [2.24, 2.45) is 0 Å². The molecule has 2 aromatic carbocycles. The van der Waals surface area contributed by atoms with E-state index in [1.165, 1.54) is 16.7 Å². The summed E-state index contributed by atoms with van der Waals surface area (Å²) in [6, 6.07) is 19.5. The number of amides is 1. The summed E-state index contributed by atoms with van der Waals surface area (Å²) in [5, 5.41) is 11.4. The van der Waals surface area contributed by atoms with E-state index in [4.69, 9.17) is 9.47 Å². The molecule has 0 spiro atoms. The molecule has 8 nitrogen and oxygen atoms in total. The quantitative estimate of drug-likeness (QED) is 0.430. The molecule has 1 fully saturated rings. The summed E-state index contributed by atoms with van der Waals surface area (Å²) in [5.41, 5.74) is 4.94. The van der Waals surface area contributed by atoms with Gasteiger partial charge in [-0.15, -0.1) is 10.2 Å². The highest BCUT2D eigenvalue weighted by Gasteiger charge is 2.21. The molecule has 2 aliphatic rings. The first-order valence-electron chi connectivity index (χ1n) is 13.5. The molecule has 0 saturated carbocycles. The molecule has 8 heteroatoms. The standard InChI is InChI=1S/C31H35N5O3/c1-3-39-27-9-6-8-23(21-27)28-10-5-4-7-24(28)22-35-17-19-36(20-18-35)30-16-15-29(33-34-30)31(37)32-25-11-13-26(38-2)14-12-25/h4-16,27H,3,17-22H2,1-2H3,(H,32,37). The van der Waals surface area contributed by atoms with E-state index in [-0.39, 0.29) is 17.7 Å². The van der Waals surface area contributed by atoms with Gasteiger partial charge in [0.25, 0.3) is 5.91 Å². The third kappa shape index (κ3) is 6.71. The molecule has 3 aromatic rings. The van der Waals surface area contributed by atoms with Crippen molar-refractivity contribution in [3.63, 3.8) is 0 Å². The number of aromatic nitrogens is 2. The van der Waals surface area contributed by atoms with E-state index < -0.39 is 0 Å². The lowest BCUT2D eigenvalue weighted by Crippen LogP contribution is -2.46. The minimum absolute atomic E-state index is 0.146. The van der Waals surface area contributed by atoms with Crippen molar-refractivity contribution in [1.82, 2.24) is 15.1 Å². The van der Waals surface area contributed by atoms with Crippen LogP contribution in [0.2, 0.25) is 0 Å². The summed E-state index contributed by atoms with van der Waals surface area (Å²) >= 11 is 0. The fraction of sp³-hybridized carbons (Fsp3) is 0.323. The first-order chi connectivity index (χ1) is 19.1. The van der Waals surface area contributed by atoms with Gasteiger partial charge in [0.2, 0.25) is 0 Å². The van der Waals surface area contributed by atoms with Crippen LogP contribution in [0.1, 0.15) is 35.0 Å². The summed E-state index contributed by atoms with van der Waals surface area (Å²) in [6.07, 6.45) is 7.52. The van der Waals surface area contributed by atoms with Gasteiger partial charge >= 0.3 is 0 Å². The zero-order chi connectivity index (χ0) is 27.0. The minimum Gasteiger partial charge on any atom is -0.497 e. The van der Waals surface area contributed by atoms with E-state index in [0.29, 0.717) is 5.69 Å². The van der Waals surface area contributed by atoms with Gasteiger partial charge in [0, 0.05) is 51.4 Å². The van der Waals surface area contributed by atoms with Crippen LogP contribution in [0.25, 0.3) is 5.57 Å². The number of rotatable bonds is 9. The van der Waals surface area contributed by atoms with E-state index >= 15 is 0 Å². The number of anilines is 2. The molecule has 5 rings (SSSR count). The average molecular weight is 526 g/mol. The number of ether oxygens (including phenoxy) is 2. The highest BCUT2D eigenvalue weighted by Crippen LogP contribution is 2.29. The van der Waals surface area contributed by atoms with Crippen molar-refractivity contribution >= 4 is 23.0 Å². The van der Waals surface area contributed by atoms with Crippen LogP contribution in [-0.2, 0) is 11.3 Å². The third-order valence-corrected chi connectivity index (χ3v) is 7.11. The van der Waals surface area contributed by atoms with Crippen LogP contribution in [0.15, 0.2) is 78.9 Å². The monoisotopic (exact) mass is 525 g/mol. The Balaban J connectivity index is 1.15. The Hall–Kier alpha value is -4.01. The van der Waals surface area contributed by atoms with Gasteiger partial charge in [-0.25, -0.2) is 0 Å². The second-order valence-corrected chi connectivity index (χ2v) is 9.65. The van der Waals surface area contributed by atoms with Crippen LogP contribution in [0, 0.1) is 0 Å². The lowest BCUT2D eigenvalue weighted by Gasteiger charge is -2.35. The predicted molar refractivity (Wildman–Crippen MR) is 154 cm³/mol. The molecule has 0 radical (unpaired) electrons. The van der Waals surface area contributed by atoms with Gasteiger partial charge in [-0.3, -0.25) is 9.69 Å². The zero-order valence-electron chi connectivity index (χ0n) is 22.5. The summed E-state index contributed by atoms with van der Waals surface area (Å²) in [6.45, 7) is 7.23. The largest absolute Gasteiger partial charge is 0.497 e. The van der Waals surface area contributed by atoms with E-state index in [2.05, 4.69) is 67.8 Å². The van der Waals surface area contributed by atoms with Crippen LogP contribution >= 0.6 is 0 Å². The van der Waals surface area contributed by atoms with Gasteiger partial charge in [0.05, 0.1) is 13.2 Å². The molecular formula is C31H35N5O3. The van der Waals surface area contributed by atoms with E-state index in [9.17, 15) is 4.79 Å². The molecule has 1 amide bonds. The first-order valence-corrected chi connectivity index (χ1v) is 13.5. The predicted octanol–water partition coefficient (Wildman–Crippen LogP) is 4.81. The number of carbonyl (C=O) groups is 1. The number of allylic oxidation sites excluding steroid dienone is 2. The zero-order valence-corrected chi connectivity index (χ0v) is 22.5. The summed E-state index contributed by atoms with van der Waals surface area (Å²) in [5.74, 6) is 1.23. The molecule has 2 heterocycles. The third-order valence-electron chi connectivity index (χ3n) is 7.11. The minimum atomic E-state index is -0.293. The van der Waals surface area contributed by atoms with Crippen LogP contribution in [0.4, 0.5) is 11.5 Å². The van der Waals surface area contributed by atoms with Crippen molar-refractivity contribution in [1.29, 1.82) is 0 Å². The topological polar surface area (TPSA) is 79.8 Å². The van der Waals surface area contributed by atoms with Crippen molar-refractivity contribution in [3.8, 4) is 5.75 Å². The second kappa shape index (κ2) is 12.7. The maximum Gasteiger partial charge on any atom is 0.276 e. The van der Waals surface area contributed by atoms with Gasteiger partial charge in [0.15, 0.2) is 11.5 Å².